The van der Waals surface area contributed by atoms with E-state index in [1.807, 2.05) is 30.3 Å². The number of sulfone groups is 1. The molecule has 0 saturated heterocycles. The molecular formula is C14H21NO4S. The summed E-state index contributed by atoms with van der Waals surface area (Å²) in [6, 6.07) is 9.50. The molecule has 112 valence electrons. The number of carbonyl (C=O) groups excluding carboxylic acids is 1. The molecule has 0 atom stereocenters. The maximum Gasteiger partial charge on any atom is 0.222 e. The Hall–Kier alpha value is -1.40. The average molecular weight is 299 g/mol. The Morgan fingerprint density at radius 1 is 1.25 bits per heavy atom. The largest absolute Gasteiger partial charge is 0.395 e. The lowest BCUT2D eigenvalue weighted by molar-refractivity contribution is -0.132. The van der Waals surface area contributed by atoms with Crippen molar-refractivity contribution >= 4 is 15.7 Å². The van der Waals surface area contributed by atoms with Crippen LogP contribution in [0.5, 0.6) is 0 Å². The SMILES string of the molecule is CS(=O)(=O)CCCC(=O)N(CCO)Cc1ccccc1. The number of aliphatic hydroxyl groups is 1. The van der Waals surface area contributed by atoms with Crippen LogP contribution >= 0.6 is 0 Å². The topological polar surface area (TPSA) is 74.7 Å². The second-order valence-electron chi connectivity index (χ2n) is 4.76. The number of nitrogens with zero attached hydrogens (tertiary/aromatic N) is 1. The highest BCUT2D eigenvalue weighted by atomic mass is 32.2. The molecule has 0 spiro atoms. The van der Waals surface area contributed by atoms with Crippen LogP contribution in [0.25, 0.3) is 0 Å². The Kier molecular flexibility index (Phi) is 6.67. The van der Waals surface area contributed by atoms with E-state index in [0.717, 1.165) is 11.8 Å². The highest BCUT2D eigenvalue weighted by molar-refractivity contribution is 7.90. The lowest BCUT2D eigenvalue weighted by Gasteiger charge is -2.22. The van der Waals surface area contributed by atoms with Crippen LogP contribution < -0.4 is 0 Å². The molecule has 0 aliphatic heterocycles. The third-order valence-electron chi connectivity index (χ3n) is 2.84. The Labute approximate surface area is 120 Å². The summed E-state index contributed by atoms with van der Waals surface area (Å²) in [7, 11) is -3.04. The zero-order valence-electron chi connectivity index (χ0n) is 11.7. The Balaban J connectivity index is 2.54. The first kappa shape index (κ1) is 16.7. The first-order chi connectivity index (χ1) is 9.42. The van der Waals surface area contributed by atoms with Crippen molar-refractivity contribution in [2.45, 2.75) is 19.4 Å². The smallest absolute Gasteiger partial charge is 0.222 e. The fraction of sp³-hybridized carbons (Fsp3) is 0.500. The van der Waals surface area contributed by atoms with Gasteiger partial charge < -0.3 is 10.0 Å². The lowest BCUT2D eigenvalue weighted by Crippen LogP contribution is -2.33. The van der Waals surface area contributed by atoms with Gasteiger partial charge in [0.25, 0.3) is 0 Å². The minimum Gasteiger partial charge on any atom is -0.395 e. The van der Waals surface area contributed by atoms with Crippen molar-refractivity contribution in [3.8, 4) is 0 Å². The van der Waals surface area contributed by atoms with Crippen LogP contribution in [0.1, 0.15) is 18.4 Å². The minimum absolute atomic E-state index is 0.0110. The van der Waals surface area contributed by atoms with E-state index in [4.69, 9.17) is 5.11 Å². The maximum atomic E-state index is 12.0. The molecule has 1 N–H and O–H groups in total. The molecule has 0 aromatic heterocycles. The predicted octanol–water partition coefficient (Wildman–Crippen LogP) is 0.832. The monoisotopic (exact) mass is 299 g/mol. The van der Waals surface area contributed by atoms with Crippen LogP contribution in [0.3, 0.4) is 0 Å². The van der Waals surface area contributed by atoms with Crippen LogP contribution in [0.4, 0.5) is 0 Å². The number of rotatable bonds is 8. The molecule has 0 heterocycles. The zero-order valence-corrected chi connectivity index (χ0v) is 12.5. The van der Waals surface area contributed by atoms with E-state index in [-0.39, 0.29) is 31.2 Å². The van der Waals surface area contributed by atoms with Crippen molar-refractivity contribution in [1.29, 1.82) is 0 Å². The average Bonchev–Trinajstić information content (AvgIpc) is 2.38. The Morgan fingerprint density at radius 3 is 2.45 bits per heavy atom. The van der Waals surface area contributed by atoms with Gasteiger partial charge in [0, 0.05) is 25.8 Å². The quantitative estimate of drug-likeness (QED) is 0.771. The van der Waals surface area contributed by atoms with E-state index in [1.54, 1.807) is 4.90 Å². The van der Waals surface area contributed by atoms with Gasteiger partial charge in [-0.1, -0.05) is 30.3 Å². The molecule has 0 fully saturated rings. The number of aliphatic hydroxyl groups excluding tert-OH is 1. The van der Waals surface area contributed by atoms with Gasteiger partial charge in [0.1, 0.15) is 9.84 Å². The van der Waals surface area contributed by atoms with Crippen molar-refractivity contribution in [3.63, 3.8) is 0 Å². The lowest BCUT2D eigenvalue weighted by atomic mass is 10.2. The van der Waals surface area contributed by atoms with Gasteiger partial charge in [-0.15, -0.1) is 0 Å². The van der Waals surface area contributed by atoms with Gasteiger partial charge in [0.2, 0.25) is 5.91 Å². The molecule has 1 aromatic rings. The third kappa shape index (κ3) is 6.68. The Morgan fingerprint density at radius 2 is 1.90 bits per heavy atom. The summed E-state index contributed by atoms with van der Waals surface area (Å²) in [5, 5.41) is 9.03. The molecule has 1 amide bonds. The highest BCUT2D eigenvalue weighted by Gasteiger charge is 2.14. The molecule has 0 aliphatic carbocycles. The van der Waals surface area contributed by atoms with Crippen LogP contribution in [-0.2, 0) is 21.2 Å². The third-order valence-corrected chi connectivity index (χ3v) is 3.87. The molecular weight excluding hydrogens is 278 g/mol. The van der Waals surface area contributed by atoms with Gasteiger partial charge >= 0.3 is 0 Å². The van der Waals surface area contributed by atoms with Gasteiger partial charge in [-0.05, 0) is 12.0 Å². The Bertz CT molecular complexity index is 513. The fourth-order valence-corrected chi connectivity index (χ4v) is 2.53. The van der Waals surface area contributed by atoms with Crippen molar-refractivity contribution in [2.24, 2.45) is 0 Å². The van der Waals surface area contributed by atoms with Crippen LogP contribution in [0.15, 0.2) is 30.3 Å². The van der Waals surface area contributed by atoms with E-state index in [2.05, 4.69) is 0 Å². The van der Waals surface area contributed by atoms with E-state index in [1.165, 1.54) is 0 Å². The molecule has 5 nitrogen and oxygen atoms in total. The molecule has 0 unspecified atom stereocenters. The van der Waals surface area contributed by atoms with Gasteiger partial charge in [0.15, 0.2) is 0 Å². The number of carbonyl (C=O) groups is 1. The van der Waals surface area contributed by atoms with E-state index in [0.29, 0.717) is 13.0 Å². The minimum atomic E-state index is -3.04. The molecule has 1 rings (SSSR count). The second kappa shape index (κ2) is 8.01. The summed E-state index contributed by atoms with van der Waals surface area (Å²) >= 11 is 0. The molecule has 0 radical (unpaired) electrons. The summed E-state index contributed by atoms with van der Waals surface area (Å²) < 4.78 is 22.1. The number of hydrogen-bond acceptors (Lipinski definition) is 4. The van der Waals surface area contributed by atoms with Crippen molar-refractivity contribution in [2.75, 3.05) is 25.2 Å². The summed E-state index contributed by atoms with van der Waals surface area (Å²) in [6.07, 6.45) is 1.65. The van der Waals surface area contributed by atoms with Crippen LogP contribution in [0, 0.1) is 0 Å². The number of hydrogen-bond donors (Lipinski definition) is 1. The molecule has 0 saturated carbocycles. The normalized spacial score (nSPS) is 11.3. The predicted molar refractivity (Wildman–Crippen MR) is 77.9 cm³/mol. The van der Waals surface area contributed by atoms with E-state index in [9.17, 15) is 13.2 Å². The number of amides is 1. The number of benzene rings is 1. The van der Waals surface area contributed by atoms with E-state index >= 15 is 0 Å². The first-order valence-corrected chi connectivity index (χ1v) is 8.58. The zero-order chi connectivity index (χ0) is 15.0. The summed E-state index contributed by atoms with van der Waals surface area (Å²) in [4.78, 5) is 13.6. The fourth-order valence-electron chi connectivity index (χ4n) is 1.86. The summed E-state index contributed by atoms with van der Waals surface area (Å²) in [6.45, 7) is 0.580. The molecule has 20 heavy (non-hydrogen) atoms. The summed E-state index contributed by atoms with van der Waals surface area (Å²) in [5.41, 5.74) is 0.984. The van der Waals surface area contributed by atoms with Crippen molar-refractivity contribution < 1.29 is 18.3 Å². The molecule has 0 aliphatic rings. The van der Waals surface area contributed by atoms with Crippen molar-refractivity contribution in [3.05, 3.63) is 35.9 Å². The first-order valence-electron chi connectivity index (χ1n) is 6.52. The van der Waals surface area contributed by atoms with Crippen LogP contribution in [-0.4, -0.2) is 49.5 Å². The van der Waals surface area contributed by atoms with Crippen LogP contribution in [0.2, 0.25) is 0 Å². The van der Waals surface area contributed by atoms with Gasteiger partial charge in [-0.3, -0.25) is 4.79 Å². The van der Waals surface area contributed by atoms with Gasteiger partial charge in [-0.25, -0.2) is 8.42 Å². The standard InChI is InChI=1S/C14H21NO4S/c1-20(18,19)11-5-8-14(17)15(9-10-16)12-13-6-3-2-4-7-13/h2-4,6-7,16H,5,8-12H2,1H3. The van der Waals surface area contributed by atoms with Gasteiger partial charge in [-0.2, -0.15) is 0 Å². The summed E-state index contributed by atoms with van der Waals surface area (Å²) in [5.74, 6) is -0.122. The maximum absolute atomic E-state index is 12.0. The van der Waals surface area contributed by atoms with Crippen molar-refractivity contribution in [1.82, 2.24) is 4.90 Å². The van der Waals surface area contributed by atoms with E-state index < -0.39 is 9.84 Å². The second-order valence-corrected chi connectivity index (χ2v) is 7.02. The van der Waals surface area contributed by atoms with Gasteiger partial charge in [0.05, 0.1) is 12.4 Å². The molecule has 0 bridgehead atoms. The molecule has 6 heteroatoms. The highest BCUT2D eigenvalue weighted by Crippen LogP contribution is 2.07. The molecule has 1 aromatic carbocycles.